The van der Waals surface area contributed by atoms with Crippen molar-refractivity contribution in [1.82, 2.24) is 20.0 Å². The summed E-state index contributed by atoms with van der Waals surface area (Å²) < 4.78 is 21.0. The first-order valence-electron chi connectivity index (χ1n) is 12.3. The van der Waals surface area contributed by atoms with Crippen molar-refractivity contribution in [3.05, 3.63) is 101 Å². The molecule has 1 fully saturated rings. The summed E-state index contributed by atoms with van der Waals surface area (Å²) in [4.78, 5) is 29.5. The highest BCUT2D eigenvalue weighted by Gasteiger charge is 2.29. The number of carbonyl (C=O) groups is 2. The number of halogens is 1. The summed E-state index contributed by atoms with van der Waals surface area (Å²) in [6.07, 6.45) is 3.22. The van der Waals surface area contributed by atoms with Crippen molar-refractivity contribution in [2.75, 3.05) is 13.1 Å². The van der Waals surface area contributed by atoms with Crippen LogP contribution in [0.25, 0.3) is 22.3 Å². The van der Waals surface area contributed by atoms with Gasteiger partial charge in [-0.15, -0.1) is 11.3 Å². The first-order valence-corrected chi connectivity index (χ1v) is 13.2. The quantitative estimate of drug-likeness (QED) is 0.350. The summed E-state index contributed by atoms with van der Waals surface area (Å²) in [5.41, 5.74) is 2.57. The highest BCUT2D eigenvalue weighted by atomic mass is 32.1. The van der Waals surface area contributed by atoms with Crippen molar-refractivity contribution in [1.29, 1.82) is 0 Å². The molecule has 2 aromatic heterocycles. The Morgan fingerprint density at radius 2 is 1.74 bits per heavy atom. The van der Waals surface area contributed by atoms with E-state index in [2.05, 4.69) is 5.32 Å². The lowest BCUT2D eigenvalue weighted by molar-refractivity contribution is -0.139. The lowest BCUT2D eigenvalue weighted by atomic mass is 10.1. The van der Waals surface area contributed by atoms with E-state index < -0.39 is 11.7 Å². The Morgan fingerprint density at radius 3 is 2.39 bits per heavy atom. The summed E-state index contributed by atoms with van der Waals surface area (Å²) in [6, 6.07) is 18.8. The maximum atomic E-state index is 13.8. The fourth-order valence-corrected chi connectivity index (χ4v) is 5.16. The predicted octanol–water partition coefficient (Wildman–Crippen LogP) is 5.15. The van der Waals surface area contributed by atoms with Gasteiger partial charge in [0.05, 0.1) is 22.8 Å². The first kappa shape index (κ1) is 25.6. The number of thiophene rings is 1. The molecule has 1 aliphatic rings. The van der Waals surface area contributed by atoms with E-state index in [0.29, 0.717) is 24.3 Å². The number of nitrogens with one attached hydrogen (secondary N) is 1. The van der Waals surface area contributed by atoms with Crippen LogP contribution in [0.4, 0.5) is 4.39 Å². The van der Waals surface area contributed by atoms with Crippen LogP contribution in [-0.4, -0.2) is 51.8 Å². The summed E-state index contributed by atoms with van der Waals surface area (Å²) in [6.45, 7) is 4.62. The van der Waals surface area contributed by atoms with E-state index in [4.69, 9.17) is 9.84 Å². The normalized spacial score (nSPS) is 17.9. The van der Waals surface area contributed by atoms with E-state index in [9.17, 15) is 14.0 Å². The Kier molecular flexibility index (Phi) is 7.48. The second kappa shape index (κ2) is 11.1. The van der Waals surface area contributed by atoms with Gasteiger partial charge in [-0.25, -0.2) is 9.07 Å². The maximum Gasteiger partial charge on any atom is 0.270 e. The molecule has 5 rings (SSSR count). The fourth-order valence-electron chi connectivity index (χ4n) is 4.43. The Morgan fingerprint density at radius 1 is 1.03 bits per heavy atom. The highest BCUT2D eigenvalue weighted by molar-refractivity contribution is 7.13. The highest BCUT2D eigenvalue weighted by Crippen LogP contribution is 2.29. The van der Waals surface area contributed by atoms with Crippen molar-refractivity contribution in [3.63, 3.8) is 0 Å². The molecule has 1 saturated heterocycles. The van der Waals surface area contributed by atoms with Gasteiger partial charge in [-0.05, 0) is 67.8 Å². The zero-order valence-electron chi connectivity index (χ0n) is 21.0. The lowest BCUT2D eigenvalue weighted by Gasteiger charge is -2.35. The molecule has 194 valence electrons. The number of carbonyl (C=O) groups excluding carboxylic acids is 2. The minimum Gasteiger partial charge on any atom is -0.372 e. The van der Waals surface area contributed by atoms with Gasteiger partial charge in [-0.2, -0.15) is 5.10 Å². The van der Waals surface area contributed by atoms with E-state index in [1.54, 1.807) is 15.7 Å². The third-order valence-corrected chi connectivity index (χ3v) is 6.99. The fraction of sp³-hybridized carbons (Fsp3) is 0.207. The predicted molar refractivity (Wildman–Crippen MR) is 145 cm³/mol. The Balaban J connectivity index is 1.57. The molecule has 0 radical (unpaired) electrons. The minimum absolute atomic E-state index is 0.103. The van der Waals surface area contributed by atoms with Crippen LogP contribution in [0.3, 0.4) is 0 Å². The van der Waals surface area contributed by atoms with Gasteiger partial charge in [-0.1, -0.05) is 24.3 Å². The molecular formula is C29H27FN4O3S. The number of para-hydroxylation sites is 1. The van der Waals surface area contributed by atoms with Gasteiger partial charge in [0.25, 0.3) is 11.8 Å². The standard InChI is InChI=1S/C29H27FN4O3S/c1-19-16-33(17-20(2)37-19)29(36)25(31-28(35)21-10-12-23(30)13-11-21)15-22-18-34(24-7-4-3-5-8-24)32-27(22)26-9-6-14-38-26/h3-15,18-20H,16-17H2,1-2H3,(H,31,35)/b25-15-/t19-,20-/m0/s1. The van der Waals surface area contributed by atoms with E-state index >= 15 is 0 Å². The van der Waals surface area contributed by atoms with Gasteiger partial charge in [0.15, 0.2) is 0 Å². The monoisotopic (exact) mass is 530 g/mol. The summed E-state index contributed by atoms with van der Waals surface area (Å²) in [5.74, 6) is -1.28. The summed E-state index contributed by atoms with van der Waals surface area (Å²) in [5, 5.41) is 9.55. The molecule has 0 saturated carbocycles. The molecule has 7 nitrogen and oxygen atoms in total. The summed E-state index contributed by atoms with van der Waals surface area (Å²) >= 11 is 1.54. The van der Waals surface area contributed by atoms with Crippen LogP contribution in [-0.2, 0) is 9.53 Å². The molecule has 38 heavy (non-hydrogen) atoms. The number of ether oxygens (including phenoxy) is 1. The summed E-state index contributed by atoms with van der Waals surface area (Å²) in [7, 11) is 0. The maximum absolute atomic E-state index is 13.8. The molecule has 2 atom stereocenters. The van der Waals surface area contributed by atoms with Crippen LogP contribution in [0, 0.1) is 5.82 Å². The third-order valence-electron chi connectivity index (χ3n) is 6.11. The van der Waals surface area contributed by atoms with Crippen LogP contribution in [0.2, 0.25) is 0 Å². The molecule has 1 aliphatic heterocycles. The van der Waals surface area contributed by atoms with Gasteiger partial charge in [-0.3, -0.25) is 9.59 Å². The van der Waals surface area contributed by atoms with Crippen LogP contribution < -0.4 is 5.32 Å². The average Bonchev–Trinajstić information content (AvgIpc) is 3.58. The molecule has 0 bridgehead atoms. The van der Waals surface area contributed by atoms with E-state index in [1.807, 2.05) is 67.9 Å². The van der Waals surface area contributed by atoms with Crippen LogP contribution >= 0.6 is 11.3 Å². The van der Waals surface area contributed by atoms with Gasteiger partial charge in [0.1, 0.15) is 17.2 Å². The molecule has 2 amide bonds. The van der Waals surface area contributed by atoms with Crippen molar-refractivity contribution < 1.29 is 18.7 Å². The third kappa shape index (κ3) is 5.74. The molecular weight excluding hydrogens is 503 g/mol. The number of amides is 2. The first-order chi connectivity index (χ1) is 18.4. The number of aromatic nitrogens is 2. The SMILES string of the molecule is C[C@H]1CN(C(=O)/C(=C/c2cn(-c3ccccc3)nc2-c2cccs2)NC(=O)c2ccc(F)cc2)C[C@H](C)O1. The van der Waals surface area contributed by atoms with Gasteiger partial charge in [0, 0.05) is 30.4 Å². The largest absolute Gasteiger partial charge is 0.372 e. The van der Waals surface area contributed by atoms with Crippen LogP contribution in [0.1, 0.15) is 29.8 Å². The molecule has 3 heterocycles. The molecule has 2 aromatic carbocycles. The lowest BCUT2D eigenvalue weighted by Crippen LogP contribution is -2.50. The molecule has 0 spiro atoms. The topological polar surface area (TPSA) is 76.5 Å². The van der Waals surface area contributed by atoms with Gasteiger partial charge >= 0.3 is 0 Å². The molecule has 4 aromatic rings. The minimum atomic E-state index is -0.507. The van der Waals surface area contributed by atoms with Crippen LogP contribution in [0.5, 0.6) is 0 Å². The Labute approximate surface area is 224 Å². The van der Waals surface area contributed by atoms with Gasteiger partial charge in [0.2, 0.25) is 0 Å². The zero-order chi connectivity index (χ0) is 26.6. The smallest absolute Gasteiger partial charge is 0.270 e. The van der Waals surface area contributed by atoms with Crippen molar-refractivity contribution in [2.45, 2.75) is 26.1 Å². The zero-order valence-corrected chi connectivity index (χ0v) is 21.8. The number of hydrogen-bond donors (Lipinski definition) is 1. The Hall–Kier alpha value is -4.08. The van der Waals surface area contributed by atoms with E-state index in [0.717, 1.165) is 10.6 Å². The van der Waals surface area contributed by atoms with E-state index in [1.165, 1.54) is 35.6 Å². The number of benzene rings is 2. The molecule has 9 heteroatoms. The number of rotatable bonds is 6. The number of morpholine rings is 1. The number of nitrogens with zero attached hydrogens (tertiary/aromatic N) is 3. The van der Waals surface area contributed by atoms with Crippen molar-refractivity contribution >= 4 is 29.2 Å². The number of hydrogen-bond acceptors (Lipinski definition) is 5. The second-order valence-electron chi connectivity index (χ2n) is 9.18. The molecule has 1 N–H and O–H groups in total. The molecule has 0 aliphatic carbocycles. The average molecular weight is 531 g/mol. The van der Waals surface area contributed by atoms with Gasteiger partial charge < -0.3 is 15.0 Å². The van der Waals surface area contributed by atoms with Crippen LogP contribution in [0.15, 0.2) is 84.0 Å². The van der Waals surface area contributed by atoms with Crippen molar-refractivity contribution in [3.8, 4) is 16.3 Å². The van der Waals surface area contributed by atoms with E-state index in [-0.39, 0.29) is 29.4 Å². The van der Waals surface area contributed by atoms with Crippen molar-refractivity contribution in [2.24, 2.45) is 0 Å². The molecule has 0 unspecified atom stereocenters. The second-order valence-corrected chi connectivity index (χ2v) is 10.1. The Bertz CT molecular complexity index is 1440.